The molecule has 1 heteroatoms. The first kappa shape index (κ1) is 20.6. The minimum absolute atomic E-state index is 0.598. The highest BCUT2D eigenvalue weighted by Crippen LogP contribution is 2.38. The van der Waals surface area contributed by atoms with E-state index in [0.29, 0.717) is 13.2 Å². The summed E-state index contributed by atoms with van der Waals surface area (Å²) in [7, 11) is 0. The second kappa shape index (κ2) is 11.0. The van der Waals surface area contributed by atoms with Gasteiger partial charge in [-0.05, 0) is 79.5 Å². The van der Waals surface area contributed by atoms with Gasteiger partial charge in [0.1, 0.15) is 0 Å². The molecule has 0 unspecified atom stereocenters. The molecule has 0 bridgehead atoms. The van der Waals surface area contributed by atoms with Crippen molar-refractivity contribution < 1.29 is 4.74 Å². The van der Waals surface area contributed by atoms with E-state index in [4.69, 9.17) is 4.74 Å². The van der Waals surface area contributed by atoms with Crippen molar-refractivity contribution in [2.75, 3.05) is 6.61 Å². The van der Waals surface area contributed by atoms with Crippen LogP contribution in [0.15, 0.2) is 73.3 Å². The first-order chi connectivity index (χ1) is 13.8. The van der Waals surface area contributed by atoms with Crippen LogP contribution in [0.5, 0.6) is 0 Å². The Kier molecular flexibility index (Phi) is 8.11. The molecule has 1 aliphatic rings. The predicted molar refractivity (Wildman–Crippen MR) is 120 cm³/mol. The fourth-order valence-electron chi connectivity index (χ4n) is 4.28. The van der Waals surface area contributed by atoms with Gasteiger partial charge in [-0.2, -0.15) is 0 Å². The minimum atomic E-state index is 0.598. The predicted octanol–water partition coefficient (Wildman–Crippen LogP) is 7.69. The van der Waals surface area contributed by atoms with Crippen molar-refractivity contribution in [2.45, 2.75) is 58.0 Å². The zero-order valence-corrected chi connectivity index (χ0v) is 17.3. The largest absolute Gasteiger partial charge is 0.373 e. The molecular weight excluding hydrogens is 340 g/mol. The van der Waals surface area contributed by atoms with Crippen molar-refractivity contribution >= 4 is 0 Å². The summed E-state index contributed by atoms with van der Waals surface area (Å²) in [5, 5.41) is 0. The molecule has 28 heavy (non-hydrogen) atoms. The molecule has 2 aromatic carbocycles. The van der Waals surface area contributed by atoms with E-state index >= 15 is 0 Å². The lowest BCUT2D eigenvalue weighted by Gasteiger charge is -2.28. The second-order valence-electron chi connectivity index (χ2n) is 7.99. The lowest BCUT2D eigenvalue weighted by molar-refractivity contribution is 0.149. The maximum atomic E-state index is 5.51. The van der Waals surface area contributed by atoms with Crippen LogP contribution in [0, 0.1) is 5.92 Å². The lowest BCUT2D eigenvalue weighted by atomic mass is 9.77. The fourth-order valence-corrected chi connectivity index (χ4v) is 4.28. The Morgan fingerprint density at radius 2 is 1.57 bits per heavy atom. The molecule has 1 saturated carbocycles. The zero-order valence-electron chi connectivity index (χ0n) is 17.3. The standard InChI is InChI=1S/C27H34O/c1-3-5-6-7-22-8-12-24(13-9-22)26-16-18-27(19-17-26)25-14-10-23(11-15-25)21-28-20-4-2/h3-5,10-11,14-19,22,24H,2,6-9,12-13,20-21H2,1H3/t22-,24-. The molecule has 0 aliphatic heterocycles. The smallest absolute Gasteiger partial charge is 0.0721 e. The van der Waals surface area contributed by atoms with Gasteiger partial charge in [0.05, 0.1) is 13.2 Å². The SMILES string of the molecule is C=CCOCc1ccc(-c2ccc([C@H]3CC[C@H](CCC=CC)CC3)cc2)cc1. The van der Waals surface area contributed by atoms with Gasteiger partial charge in [0, 0.05) is 0 Å². The van der Waals surface area contributed by atoms with E-state index in [-0.39, 0.29) is 0 Å². The van der Waals surface area contributed by atoms with Gasteiger partial charge in [-0.1, -0.05) is 66.8 Å². The Balaban J connectivity index is 1.53. The van der Waals surface area contributed by atoms with Crippen LogP contribution in [-0.4, -0.2) is 6.61 Å². The summed E-state index contributed by atoms with van der Waals surface area (Å²) in [4.78, 5) is 0. The van der Waals surface area contributed by atoms with E-state index in [1.54, 1.807) is 6.08 Å². The molecule has 1 nitrogen and oxygen atoms in total. The molecule has 0 heterocycles. The molecule has 0 saturated heterocycles. The third-order valence-corrected chi connectivity index (χ3v) is 6.00. The third kappa shape index (κ3) is 5.94. The average Bonchev–Trinajstić information content (AvgIpc) is 2.75. The van der Waals surface area contributed by atoms with Crippen LogP contribution in [-0.2, 0) is 11.3 Å². The molecule has 2 aromatic rings. The van der Waals surface area contributed by atoms with Crippen LogP contribution in [0.4, 0.5) is 0 Å². The highest BCUT2D eigenvalue weighted by Gasteiger charge is 2.21. The fraction of sp³-hybridized carbons (Fsp3) is 0.407. The first-order valence-corrected chi connectivity index (χ1v) is 10.8. The Hall–Kier alpha value is -2.12. The van der Waals surface area contributed by atoms with E-state index in [9.17, 15) is 0 Å². The van der Waals surface area contributed by atoms with Crippen LogP contribution in [0.1, 0.15) is 62.5 Å². The van der Waals surface area contributed by atoms with E-state index in [0.717, 1.165) is 11.8 Å². The molecule has 148 valence electrons. The summed E-state index contributed by atoms with van der Waals surface area (Å²) in [6.07, 6.45) is 14.4. The topological polar surface area (TPSA) is 9.23 Å². The average molecular weight is 375 g/mol. The molecule has 1 aliphatic carbocycles. The summed E-state index contributed by atoms with van der Waals surface area (Å²) in [6, 6.07) is 18.0. The summed E-state index contributed by atoms with van der Waals surface area (Å²) in [6.45, 7) is 7.04. The van der Waals surface area contributed by atoms with Gasteiger partial charge in [-0.25, -0.2) is 0 Å². The molecule has 0 radical (unpaired) electrons. The van der Waals surface area contributed by atoms with Crippen LogP contribution in [0.2, 0.25) is 0 Å². The molecule has 0 spiro atoms. The van der Waals surface area contributed by atoms with Crippen LogP contribution in [0.3, 0.4) is 0 Å². The number of benzene rings is 2. The summed E-state index contributed by atoms with van der Waals surface area (Å²) in [5.74, 6) is 1.68. The van der Waals surface area contributed by atoms with E-state index in [2.05, 4.69) is 74.2 Å². The summed E-state index contributed by atoms with van der Waals surface area (Å²) >= 11 is 0. The van der Waals surface area contributed by atoms with Gasteiger partial charge in [0.25, 0.3) is 0 Å². The maximum Gasteiger partial charge on any atom is 0.0721 e. The number of hydrogen-bond donors (Lipinski definition) is 0. The normalized spacial score (nSPS) is 19.8. The Labute approximate surface area is 171 Å². The molecular formula is C27H34O. The Bertz CT molecular complexity index is 731. The Morgan fingerprint density at radius 1 is 0.929 bits per heavy atom. The van der Waals surface area contributed by atoms with Crippen molar-refractivity contribution in [3.63, 3.8) is 0 Å². The minimum Gasteiger partial charge on any atom is -0.373 e. The molecule has 3 rings (SSSR count). The van der Waals surface area contributed by atoms with Crippen LogP contribution in [0.25, 0.3) is 11.1 Å². The molecule has 0 amide bonds. The van der Waals surface area contributed by atoms with E-state index in [1.807, 2.05) is 0 Å². The second-order valence-corrected chi connectivity index (χ2v) is 7.99. The van der Waals surface area contributed by atoms with E-state index < -0.39 is 0 Å². The van der Waals surface area contributed by atoms with Crippen molar-refractivity contribution in [3.8, 4) is 11.1 Å². The highest BCUT2D eigenvalue weighted by atomic mass is 16.5. The lowest BCUT2D eigenvalue weighted by Crippen LogP contribution is -2.13. The number of ether oxygens (including phenoxy) is 1. The molecule has 1 fully saturated rings. The molecule has 0 aromatic heterocycles. The molecule has 0 atom stereocenters. The van der Waals surface area contributed by atoms with E-state index in [1.165, 1.54) is 60.8 Å². The van der Waals surface area contributed by atoms with Gasteiger partial charge in [-0.3, -0.25) is 0 Å². The highest BCUT2D eigenvalue weighted by molar-refractivity contribution is 5.64. The quantitative estimate of drug-likeness (QED) is 0.323. The van der Waals surface area contributed by atoms with Crippen molar-refractivity contribution in [3.05, 3.63) is 84.5 Å². The molecule has 0 N–H and O–H groups in total. The van der Waals surface area contributed by atoms with Crippen LogP contribution >= 0.6 is 0 Å². The monoisotopic (exact) mass is 374 g/mol. The van der Waals surface area contributed by atoms with Gasteiger partial charge in [0.2, 0.25) is 0 Å². The third-order valence-electron chi connectivity index (χ3n) is 6.00. The van der Waals surface area contributed by atoms with Gasteiger partial charge in [0.15, 0.2) is 0 Å². The number of rotatable bonds is 9. The van der Waals surface area contributed by atoms with Crippen molar-refractivity contribution in [1.82, 2.24) is 0 Å². The van der Waals surface area contributed by atoms with Crippen molar-refractivity contribution in [1.29, 1.82) is 0 Å². The van der Waals surface area contributed by atoms with Crippen molar-refractivity contribution in [2.24, 2.45) is 5.92 Å². The summed E-state index contributed by atoms with van der Waals surface area (Å²) in [5.41, 5.74) is 5.28. The number of allylic oxidation sites excluding steroid dienone is 2. The van der Waals surface area contributed by atoms with Crippen LogP contribution < -0.4 is 0 Å². The maximum absolute atomic E-state index is 5.51. The van der Waals surface area contributed by atoms with Gasteiger partial charge < -0.3 is 4.74 Å². The van der Waals surface area contributed by atoms with Gasteiger partial charge in [-0.15, -0.1) is 6.58 Å². The summed E-state index contributed by atoms with van der Waals surface area (Å²) < 4.78 is 5.51. The Morgan fingerprint density at radius 3 is 2.18 bits per heavy atom. The zero-order chi connectivity index (χ0) is 19.6. The number of hydrogen-bond acceptors (Lipinski definition) is 1. The first-order valence-electron chi connectivity index (χ1n) is 10.8. The van der Waals surface area contributed by atoms with Gasteiger partial charge >= 0.3 is 0 Å².